The predicted octanol–water partition coefficient (Wildman–Crippen LogP) is 3.49. The Morgan fingerprint density at radius 3 is 2.05 bits per heavy atom. The van der Waals surface area contributed by atoms with Crippen LogP contribution < -0.4 is 5.32 Å². The van der Waals surface area contributed by atoms with E-state index in [0.717, 1.165) is 4.47 Å². The van der Waals surface area contributed by atoms with Crippen LogP contribution in [0.5, 0.6) is 0 Å². The largest absolute Gasteiger partial charge is 0.465 e. The van der Waals surface area contributed by atoms with E-state index in [-0.39, 0.29) is 5.91 Å². The zero-order chi connectivity index (χ0) is 14.5. The van der Waals surface area contributed by atoms with E-state index in [4.69, 9.17) is 0 Å². The summed E-state index contributed by atoms with van der Waals surface area (Å²) in [6.07, 6.45) is 0. The highest BCUT2D eigenvalue weighted by Crippen LogP contribution is 2.14. The van der Waals surface area contributed by atoms with Crippen LogP contribution in [0, 0.1) is 0 Å². The van der Waals surface area contributed by atoms with Crippen molar-refractivity contribution in [3.63, 3.8) is 0 Å². The van der Waals surface area contributed by atoms with Gasteiger partial charge in [-0.05, 0) is 48.5 Å². The van der Waals surface area contributed by atoms with Crippen molar-refractivity contribution in [1.82, 2.24) is 0 Å². The molecule has 102 valence electrons. The van der Waals surface area contributed by atoms with Gasteiger partial charge >= 0.3 is 5.97 Å². The van der Waals surface area contributed by atoms with Crippen LogP contribution in [-0.4, -0.2) is 19.0 Å². The first-order chi connectivity index (χ1) is 9.60. The van der Waals surface area contributed by atoms with Crippen molar-refractivity contribution < 1.29 is 14.3 Å². The average molecular weight is 334 g/mol. The normalized spacial score (nSPS) is 9.90. The van der Waals surface area contributed by atoms with E-state index in [9.17, 15) is 9.59 Å². The summed E-state index contributed by atoms with van der Waals surface area (Å²) in [6.45, 7) is 0. The van der Waals surface area contributed by atoms with E-state index in [2.05, 4.69) is 26.0 Å². The molecule has 0 saturated heterocycles. The molecule has 5 heteroatoms. The van der Waals surface area contributed by atoms with Gasteiger partial charge in [-0.15, -0.1) is 0 Å². The third kappa shape index (κ3) is 3.45. The summed E-state index contributed by atoms with van der Waals surface area (Å²) in [5.41, 5.74) is 1.62. The van der Waals surface area contributed by atoms with Crippen molar-refractivity contribution in [2.24, 2.45) is 0 Å². The summed E-state index contributed by atoms with van der Waals surface area (Å²) in [5.74, 6) is -0.612. The minimum absolute atomic E-state index is 0.205. The second-order valence-electron chi connectivity index (χ2n) is 4.03. The van der Waals surface area contributed by atoms with E-state index in [0.29, 0.717) is 16.8 Å². The summed E-state index contributed by atoms with van der Waals surface area (Å²) in [5, 5.41) is 2.76. The number of benzene rings is 2. The number of hydrogen-bond acceptors (Lipinski definition) is 3. The Kier molecular flexibility index (Phi) is 4.53. The fraction of sp³-hybridized carbons (Fsp3) is 0.0667. The molecular weight excluding hydrogens is 322 g/mol. The Hall–Kier alpha value is -2.14. The molecule has 2 aromatic carbocycles. The fourth-order valence-electron chi connectivity index (χ4n) is 1.61. The maximum absolute atomic E-state index is 12.0. The molecule has 0 radical (unpaired) electrons. The first-order valence-corrected chi connectivity index (χ1v) is 6.65. The third-order valence-electron chi connectivity index (χ3n) is 2.67. The van der Waals surface area contributed by atoms with Crippen molar-refractivity contribution in [3.8, 4) is 0 Å². The van der Waals surface area contributed by atoms with Gasteiger partial charge in [-0.2, -0.15) is 0 Å². The number of amides is 1. The molecule has 1 N–H and O–H groups in total. The molecule has 2 rings (SSSR count). The van der Waals surface area contributed by atoms with E-state index in [1.807, 2.05) is 0 Å². The van der Waals surface area contributed by atoms with Gasteiger partial charge in [0.05, 0.1) is 12.7 Å². The third-order valence-corrected chi connectivity index (χ3v) is 3.20. The van der Waals surface area contributed by atoms with Crippen molar-refractivity contribution in [3.05, 3.63) is 64.1 Å². The van der Waals surface area contributed by atoms with Gasteiger partial charge in [0, 0.05) is 15.7 Å². The topological polar surface area (TPSA) is 55.4 Å². The van der Waals surface area contributed by atoms with E-state index < -0.39 is 5.97 Å². The predicted molar refractivity (Wildman–Crippen MR) is 79.9 cm³/mol. The number of esters is 1. The van der Waals surface area contributed by atoms with Crippen molar-refractivity contribution in [1.29, 1.82) is 0 Å². The van der Waals surface area contributed by atoms with Crippen LogP contribution in [-0.2, 0) is 4.74 Å². The summed E-state index contributed by atoms with van der Waals surface area (Å²) >= 11 is 3.31. The zero-order valence-corrected chi connectivity index (χ0v) is 12.3. The molecule has 0 unspecified atom stereocenters. The lowest BCUT2D eigenvalue weighted by Crippen LogP contribution is -2.11. The van der Waals surface area contributed by atoms with Crippen molar-refractivity contribution in [2.75, 3.05) is 12.4 Å². The summed E-state index contributed by atoms with van der Waals surface area (Å²) in [7, 11) is 1.32. The van der Waals surface area contributed by atoms with Gasteiger partial charge < -0.3 is 10.1 Å². The molecule has 0 fully saturated rings. The number of hydrogen-bond donors (Lipinski definition) is 1. The Bertz CT molecular complexity index is 621. The van der Waals surface area contributed by atoms with Crippen molar-refractivity contribution in [2.45, 2.75) is 0 Å². The van der Waals surface area contributed by atoms with Gasteiger partial charge in [-0.1, -0.05) is 15.9 Å². The van der Waals surface area contributed by atoms with Crippen LogP contribution in [0.3, 0.4) is 0 Å². The molecule has 0 atom stereocenters. The number of methoxy groups -OCH3 is 1. The summed E-state index contributed by atoms with van der Waals surface area (Å²) < 4.78 is 5.52. The van der Waals surface area contributed by atoms with Gasteiger partial charge in [-0.25, -0.2) is 4.79 Å². The minimum Gasteiger partial charge on any atom is -0.465 e. The van der Waals surface area contributed by atoms with Crippen LogP contribution in [0.25, 0.3) is 0 Å². The highest BCUT2D eigenvalue weighted by molar-refractivity contribution is 9.10. The highest BCUT2D eigenvalue weighted by Gasteiger charge is 2.07. The molecule has 0 bridgehead atoms. The number of anilines is 1. The Balaban J connectivity index is 2.08. The highest BCUT2D eigenvalue weighted by atomic mass is 79.9. The molecule has 0 aliphatic heterocycles. The molecule has 0 saturated carbocycles. The Morgan fingerprint density at radius 2 is 1.50 bits per heavy atom. The monoisotopic (exact) mass is 333 g/mol. The number of carbonyl (C=O) groups excluding carboxylic acids is 2. The van der Waals surface area contributed by atoms with E-state index in [1.54, 1.807) is 48.5 Å². The number of halogens is 1. The molecule has 0 aliphatic carbocycles. The van der Waals surface area contributed by atoms with Crippen LogP contribution in [0.1, 0.15) is 20.7 Å². The second-order valence-corrected chi connectivity index (χ2v) is 4.95. The smallest absolute Gasteiger partial charge is 0.337 e. The first kappa shape index (κ1) is 14.3. The van der Waals surface area contributed by atoms with Gasteiger partial charge in [0.1, 0.15) is 0 Å². The molecule has 0 aromatic heterocycles. The number of carbonyl (C=O) groups is 2. The van der Waals surface area contributed by atoms with Gasteiger partial charge in [-0.3, -0.25) is 4.79 Å². The Morgan fingerprint density at radius 1 is 0.950 bits per heavy atom. The molecule has 0 heterocycles. The van der Waals surface area contributed by atoms with E-state index >= 15 is 0 Å². The van der Waals surface area contributed by atoms with Crippen LogP contribution >= 0.6 is 15.9 Å². The number of nitrogens with one attached hydrogen (secondary N) is 1. The van der Waals surface area contributed by atoms with Crippen LogP contribution in [0.2, 0.25) is 0 Å². The quantitative estimate of drug-likeness (QED) is 0.875. The molecule has 0 aliphatic rings. The zero-order valence-electron chi connectivity index (χ0n) is 10.7. The molecule has 0 spiro atoms. The fourth-order valence-corrected chi connectivity index (χ4v) is 1.88. The molecular formula is C15H12BrNO3. The van der Waals surface area contributed by atoms with Crippen molar-refractivity contribution >= 4 is 33.5 Å². The lowest BCUT2D eigenvalue weighted by molar-refractivity contribution is 0.0600. The minimum atomic E-state index is -0.407. The molecule has 2 aromatic rings. The van der Waals surface area contributed by atoms with Gasteiger partial charge in [0.15, 0.2) is 0 Å². The summed E-state index contributed by atoms with van der Waals surface area (Å²) in [4.78, 5) is 23.3. The lowest BCUT2D eigenvalue weighted by atomic mass is 10.2. The van der Waals surface area contributed by atoms with Gasteiger partial charge in [0.2, 0.25) is 0 Å². The second kappa shape index (κ2) is 6.34. The van der Waals surface area contributed by atoms with E-state index in [1.165, 1.54) is 7.11 Å². The SMILES string of the molecule is COC(=O)c1ccc(NC(=O)c2ccc(Br)cc2)cc1. The molecule has 20 heavy (non-hydrogen) atoms. The Labute approximate surface area is 124 Å². The lowest BCUT2D eigenvalue weighted by Gasteiger charge is -2.06. The van der Waals surface area contributed by atoms with Gasteiger partial charge in [0.25, 0.3) is 5.91 Å². The molecule has 4 nitrogen and oxygen atoms in total. The average Bonchev–Trinajstić information content (AvgIpc) is 2.48. The van der Waals surface area contributed by atoms with Crippen LogP contribution in [0.15, 0.2) is 53.0 Å². The van der Waals surface area contributed by atoms with Crippen LogP contribution in [0.4, 0.5) is 5.69 Å². The maximum Gasteiger partial charge on any atom is 0.337 e. The standard InChI is InChI=1S/C15H12BrNO3/c1-20-15(19)11-4-8-13(9-5-11)17-14(18)10-2-6-12(16)7-3-10/h2-9H,1H3,(H,17,18). The number of ether oxygens (including phenoxy) is 1. The summed E-state index contributed by atoms with van der Waals surface area (Å²) in [6, 6.07) is 13.6. The first-order valence-electron chi connectivity index (χ1n) is 5.85. The maximum atomic E-state index is 12.0. The molecule has 1 amide bonds. The number of rotatable bonds is 3.